The fourth-order valence-corrected chi connectivity index (χ4v) is 2.09. The zero-order chi connectivity index (χ0) is 14.7. The Bertz CT molecular complexity index is 674. The van der Waals surface area contributed by atoms with Crippen molar-refractivity contribution in [2.24, 2.45) is 10.9 Å². The number of benzene rings is 2. The summed E-state index contributed by atoms with van der Waals surface area (Å²) in [5.41, 5.74) is 7.01. The average molecular weight is 339 g/mol. The van der Waals surface area contributed by atoms with Gasteiger partial charge in [-0.1, -0.05) is 11.2 Å². The quantitative estimate of drug-likeness (QED) is 0.387. The van der Waals surface area contributed by atoms with Crippen molar-refractivity contribution in [1.82, 2.24) is 0 Å². The monoisotopic (exact) mass is 338 g/mol. The lowest BCUT2D eigenvalue weighted by molar-refractivity contribution is 0.318. The number of hydrogen-bond donors (Lipinski definition) is 2. The second-order valence-electron chi connectivity index (χ2n) is 4.16. The van der Waals surface area contributed by atoms with Crippen LogP contribution in [0, 0.1) is 12.7 Å². The van der Waals surface area contributed by atoms with Crippen LogP contribution in [-0.2, 0) is 0 Å². The summed E-state index contributed by atoms with van der Waals surface area (Å²) in [6.45, 7) is 1.89. The number of hydrogen-bond acceptors (Lipinski definition) is 3. The maximum absolute atomic E-state index is 13.1. The van der Waals surface area contributed by atoms with Gasteiger partial charge >= 0.3 is 0 Å². The second kappa shape index (κ2) is 5.92. The number of nitrogens with two attached hydrogens (primary N) is 1. The molecule has 20 heavy (non-hydrogen) atoms. The lowest BCUT2D eigenvalue weighted by atomic mass is 10.1. The molecule has 0 aromatic heterocycles. The van der Waals surface area contributed by atoms with Gasteiger partial charge in [-0.2, -0.15) is 0 Å². The molecule has 104 valence electrons. The standard InChI is InChI=1S/C14H12BrFN2O2/c1-8-2-4-10(14(17)18-19)13(6-8)20-12-5-3-9(16)7-11(12)15/h2-7,19H,1H3,(H2,17,18). The predicted molar refractivity (Wildman–Crippen MR) is 77.9 cm³/mol. The number of rotatable bonds is 3. The van der Waals surface area contributed by atoms with Crippen LogP contribution in [-0.4, -0.2) is 11.0 Å². The van der Waals surface area contributed by atoms with E-state index in [0.29, 0.717) is 21.5 Å². The van der Waals surface area contributed by atoms with Gasteiger partial charge in [0, 0.05) is 0 Å². The molecule has 0 amide bonds. The molecule has 0 aliphatic heterocycles. The summed E-state index contributed by atoms with van der Waals surface area (Å²) in [5, 5.41) is 11.8. The van der Waals surface area contributed by atoms with Gasteiger partial charge in [0.05, 0.1) is 10.0 Å². The highest BCUT2D eigenvalue weighted by molar-refractivity contribution is 9.10. The van der Waals surface area contributed by atoms with E-state index in [0.717, 1.165) is 5.56 Å². The molecule has 0 bridgehead atoms. The first-order chi connectivity index (χ1) is 9.51. The molecular weight excluding hydrogens is 327 g/mol. The first kappa shape index (κ1) is 14.3. The van der Waals surface area contributed by atoms with Crippen LogP contribution in [0.3, 0.4) is 0 Å². The minimum absolute atomic E-state index is 0.0572. The Morgan fingerprint density at radius 2 is 2.00 bits per heavy atom. The van der Waals surface area contributed by atoms with Gasteiger partial charge in [-0.3, -0.25) is 0 Å². The molecule has 2 rings (SSSR count). The Balaban J connectivity index is 2.44. The summed E-state index contributed by atoms with van der Waals surface area (Å²) in [5.74, 6) is 0.431. The average Bonchev–Trinajstić information content (AvgIpc) is 2.41. The Labute approximate surface area is 123 Å². The van der Waals surface area contributed by atoms with Gasteiger partial charge in [-0.15, -0.1) is 0 Å². The summed E-state index contributed by atoms with van der Waals surface area (Å²) < 4.78 is 19.2. The number of aryl methyl sites for hydroxylation is 1. The molecule has 0 radical (unpaired) electrons. The molecule has 0 fully saturated rings. The minimum atomic E-state index is -0.370. The molecule has 4 nitrogen and oxygen atoms in total. The topological polar surface area (TPSA) is 67.8 Å². The van der Waals surface area contributed by atoms with E-state index in [4.69, 9.17) is 15.7 Å². The molecule has 0 saturated heterocycles. The van der Waals surface area contributed by atoms with Crippen LogP contribution >= 0.6 is 15.9 Å². The van der Waals surface area contributed by atoms with Crippen LogP contribution in [0.5, 0.6) is 11.5 Å². The summed E-state index contributed by atoms with van der Waals surface area (Å²) in [4.78, 5) is 0. The van der Waals surface area contributed by atoms with Gasteiger partial charge in [-0.05, 0) is 58.7 Å². The van der Waals surface area contributed by atoms with Crippen molar-refractivity contribution < 1.29 is 14.3 Å². The normalized spacial score (nSPS) is 11.4. The summed E-state index contributed by atoms with van der Waals surface area (Å²) in [7, 11) is 0. The molecule has 2 aromatic rings. The number of halogens is 2. The van der Waals surface area contributed by atoms with Crippen LogP contribution in [0.15, 0.2) is 46.0 Å². The molecule has 0 aliphatic carbocycles. The van der Waals surface area contributed by atoms with E-state index < -0.39 is 0 Å². The number of oxime groups is 1. The van der Waals surface area contributed by atoms with Crippen molar-refractivity contribution >= 4 is 21.8 Å². The van der Waals surface area contributed by atoms with Gasteiger partial charge < -0.3 is 15.7 Å². The van der Waals surface area contributed by atoms with Crippen molar-refractivity contribution in [3.63, 3.8) is 0 Å². The Morgan fingerprint density at radius 3 is 2.65 bits per heavy atom. The summed E-state index contributed by atoms with van der Waals surface area (Å²) >= 11 is 3.23. The zero-order valence-corrected chi connectivity index (χ0v) is 12.2. The Hall–Kier alpha value is -2.08. The van der Waals surface area contributed by atoms with Gasteiger partial charge in [-0.25, -0.2) is 4.39 Å². The summed E-state index contributed by atoms with van der Waals surface area (Å²) in [6, 6.07) is 9.35. The first-order valence-corrected chi connectivity index (χ1v) is 6.52. The van der Waals surface area contributed by atoms with E-state index in [1.54, 1.807) is 12.1 Å². The molecule has 0 unspecified atom stereocenters. The first-order valence-electron chi connectivity index (χ1n) is 5.72. The molecule has 0 atom stereocenters. The fraction of sp³-hybridized carbons (Fsp3) is 0.0714. The third-order valence-corrected chi connectivity index (χ3v) is 3.25. The molecule has 3 N–H and O–H groups in total. The van der Waals surface area contributed by atoms with Crippen LogP contribution in [0.4, 0.5) is 4.39 Å². The van der Waals surface area contributed by atoms with Crippen LogP contribution < -0.4 is 10.5 Å². The lowest BCUT2D eigenvalue weighted by Crippen LogP contribution is -2.14. The molecule has 2 aromatic carbocycles. The molecule has 0 saturated carbocycles. The predicted octanol–water partition coefficient (Wildman–Crippen LogP) is 3.78. The highest BCUT2D eigenvalue weighted by atomic mass is 79.9. The van der Waals surface area contributed by atoms with Crippen LogP contribution in [0.1, 0.15) is 11.1 Å². The fourth-order valence-electron chi connectivity index (χ4n) is 1.66. The van der Waals surface area contributed by atoms with E-state index in [1.807, 2.05) is 13.0 Å². The van der Waals surface area contributed by atoms with Crippen molar-refractivity contribution in [2.45, 2.75) is 6.92 Å². The number of amidine groups is 1. The van der Waals surface area contributed by atoms with E-state index >= 15 is 0 Å². The minimum Gasteiger partial charge on any atom is -0.455 e. The SMILES string of the molecule is Cc1ccc(C(N)=NO)c(Oc2ccc(F)cc2Br)c1. The number of nitrogens with zero attached hydrogens (tertiary/aromatic N) is 1. The smallest absolute Gasteiger partial charge is 0.173 e. The van der Waals surface area contributed by atoms with E-state index in [9.17, 15) is 4.39 Å². The van der Waals surface area contributed by atoms with Crippen molar-refractivity contribution in [2.75, 3.05) is 0 Å². The van der Waals surface area contributed by atoms with Crippen LogP contribution in [0.25, 0.3) is 0 Å². The van der Waals surface area contributed by atoms with E-state index in [2.05, 4.69) is 21.1 Å². The maximum Gasteiger partial charge on any atom is 0.173 e. The molecular formula is C14H12BrFN2O2. The second-order valence-corrected chi connectivity index (χ2v) is 5.02. The van der Waals surface area contributed by atoms with Crippen molar-refractivity contribution in [3.05, 3.63) is 57.8 Å². The molecule has 0 spiro atoms. The third kappa shape index (κ3) is 3.08. The largest absolute Gasteiger partial charge is 0.455 e. The molecule has 0 heterocycles. The van der Waals surface area contributed by atoms with E-state index in [1.165, 1.54) is 18.2 Å². The highest BCUT2D eigenvalue weighted by Crippen LogP contribution is 2.32. The van der Waals surface area contributed by atoms with Gasteiger partial charge in [0.15, 0.2) is 5.84 Å². The molecule has 0 aliphatic rings. The third-order valence-electron chi connectivity index (χ3n) is 2.63. The zero-order valence-electron chi connectivity index (χ0n) is 10.6. The molecule has 6 heteroatoms. The van der Waals surface area contributed by atoms with Crippen LogP contribution in [0.2, 0.25) is 0 Å². The van der Waals surface area contributed by atoms with E-state index in [-0.39, 0.29) is 11.7 Å². The highest BCUT2D eigenvalue weighted by Gasteiger charge is 2.11. The summed E-state index contributed by atoms with van der Waals surface area (Å²) in [6.07, 6.45) is 0. The van der Waals surface area contributed by atoms with Gasteiger partial charge in [0.25, 0.3) is 0 Å². The van der Waals surface area contributed by atoms with Gasteiger partial charge in [0.1, 0.15) is 17.3 Å². The maximum atomic E-state index is 13.1. The number of ether oxygens (including phenoxy) is 1. The van der Waals surface area contributed by atoms with Crippen molar-refractivity contribution in [1.29, 1.82) is 0 Å². The lowest BCUT2D eigenvalue weighted by Gasteiger charge is -2.12. The Morgan fingerprint density at radius 1 is 1.25 bits per heavy atom. The van der Waals surface area contributed by atoms with Gasteiger partial charge in [0.2, 0.25) is 0 Å². The van der Waals surface area contributed by atoms with Crippen molar-refractivity contribution in [3.8, 4) is 11.5 Å². The Kier molecular flexibility index (Phi) is 4.24.